The fourth-order valence-electron chi connectivity index (χ4n) is 8.49. The minimum Gasteiger partial charge on any atom is -0.490 e. The van der Waals surface area contributed by atoms with Crippen LogP contribution in [-0.2, 0) is 0 Å². The Hall–Kier alpha value is -4.68. The number of benzene rings is 2. The van der Waals surface area contributed by atoms with Crippen LogP contribution in [0.4, 0.5) is 0 Å². The van der Waals surface area contributed by atoms with Crippen molar-refractivity contribution in [2.45, 2.75) is 162 Å². The predicted octanol–water partition coefficient (Wildman–Crippen LogP) is 13.4. The molecule has 6 nitrogen and oxygen atoms in total. The van der Waals surface area contributed by atoms with Crippen molar-refractivity contribution in [3.63, 3.8) is 0 Å². The quantitative estimate of drug-likeness (QED) is 0.0783. The lowest BCUT2D eigenvalue weighted by molar-refractivity contribution is 0.302. The van der Waals surface area contributed by atoms with E-state index in [2.05, 4.69) is 120 Å². The molecule has 2 aliphatic rings. The molecule has 0 spiro atoms. The Bertz CT molecular complexity index is 1850. The Balaban J connectivity index is 0.000000224. The van der Waals surface area contributed by atoms with Crippen molar-refractivity contribution in [2.24, 2.45) is 11.8 Å². The van der Waals surface area contributed by atoms with Crippen LogP contribution >= 0.6 is 0 Å². The fourth-order valence-corrected chi connectivity index (χ4v) is 8.49. The van der Waals surface area contributed by atoms with E-state index in [-0.39, 0.29) is 0 Å². The van der Waals surface area contributed by atoms with E-state index in [0.29, 0.717) is 17.4 Å². The molecule has 0 radical (unpaired) electrons. The highest BCUT2D eigenvalue weighted by Gasteiger charge is 2.22. The van der Waals surface area contributed by atoms with Crippen LogP contribution in [0, 0.1) is 35.5 Å². The zero-order valence-electron chi connectivity index (χ0n) is 36.7. The van der Waals surface area contributed by atoms with Crippen LogP contribution in [0.2, 0.25) is 0 Å². The first kappa shape index (κ1) is 45.4. The molecule has 59 heavy (non-hydrogen) atoms. The van der Waals surface area contributed by atoms with Gasteiger partial charge in [-0.25, -0.2) is 19.9 Å². The Labute approximate surface area is 357 Å². The summed E-state index contributed by atoms with van der Waals surface area (Å²) in [5.74, 6) is 18.3. The second-order valence-electron chi connectivity index (χ2n) is 16.7. The SMILES string of the molecule is CCCCCCOc1cnc(C#Cc2ccc([C@H]3CC[C@H](CCC)CC3)cc2)nc1.CCCCCOc1cnc(C#Cc2ccc([C@H]3CC[C@H](CCC)CC3)cc2)nc1. The van der Waals surface area contributed by atoms with E-state index in [0.717, 1.165) is 66.6 Å². The number of hydrogen-bond donors (Lipinski definition) is 0. The van der Waals surface area contributed by atoms with E-state index in [1.165, 1.54) is 120 Å². The summed E-state index contributed by atoms with van der Waals surface area (Å²) >= 11 is 0. The van der Waals surface area contributed by atoms with Gasteiger partial charge in [-0.3, -0.25) is 0 Å². The van der Waals surface area contributed by atoms with Gasteiger partial charge in [0.2, 0.25) is 11.6 Å². The van der Waals surface area contributed by atoms with Crippen molar-refractivity contribution in [2.75, 3.05) is 13.2 Å². The Morgan fingerprint density at radius 3 is 1.19 bits per heavy atom. The summed E-state index contributed by atoms with van der Waals surface area (Å²) in [7, 11) is 0. The van der Waals surface area contributed by atoms with Gasteiger partial charge in [0.15, 0.2) is 11.5 Å². The van der Waals surface area contributed by atoms with E-state index in [9.17, 15) is 0 Å². The molecule has 2 aromatic carbocycles. The van der Waals surface area contributed by atoms with Gasteiger partial charge in [0.1, 0.15) is 0 Å². The van der Waals surface area contributed by atoms with Crippen LogP contribution in [-0.4, -0.2) is 33.1 Å². The largest absolute Gasteiger partial charge is 0.490 e. The molecule has 2 fully saturated rings. The average Bonchev–Trinajstić information content (AvgIpc) is 3.28. The maximum absolute atomic E-state index is 5.69. The molecule has 0 aliphatic heterocycles. The summed E-state index contributed by atoms with van der Waals surface area (Å²) in [5, 5.41) is 0. The standard InChI is InChI=1S/C27H36N2O.C26H34N2O/c1-3-5-6-7-19-30-26-20-28-27(29-21-26)18-13-23-11-16-25(17-12-23)24-14-9-22(8-4-2)10-15-24;1-3-5-6-18-29-25-19-27-26(28-20-25)17-12-22-10-15-24(16-11-22)23-13-8-21(7-4-2)9-14-23/h11-12,16-17,20-22,24H,3-10,14-15,19H2,1-2H3;10-11,15-16,19-21,23H,3-9,13-14,18H2,1-2H3/t22-,24-;21-,23-. The van der Waals surface area contributed by atoms with Crippen molar-refractivity contribution in [1.29, 1.82) is 0 Å². The van der Waals surface area contributed by atoms with Gasteiger partial charge in [0.05, 0.1) is 38.0 Å². The minimum absolute atomic E-state index is 0.532. The lowest BCUT2D eigenvalue weighted by atomic mass is 9.77. The molecular weight excluding hydrogens is 725 g/mol. The molecule has 2 heterocycles. The summed E-state index contributed by atoms with van der Waals surface area (Å²) in [4.78, 5) is 17.2. The summed E-state index contributed by atoms with van der Waals surface area (Å²) in [6, 6.07) is 17.5. The lowest BCUT2D eigenvalue weighted by Crippen LogP contribution is -2.13. The maximum atomic E-state index is 5.69. The van der Waals surface area contributed by atoms with E-state index < -0.39 is 0 Å². The molecule has 0 unspecified atom stereocenters. The van der Waals surface area contributed by atoms with Gasteiger partial charge in [-0.15, -0.1) is 0 Å². The average molecular weight is 795 g/mol. The highest BCUT2D eigenvalue weighted by molar-refractivity contribution is 5.41. The zero-order chi connectivity index (χ0) is 41.3. The predicted molar refractivity (Wildman–Crippen MR) is 243 cm³/mol. The summed E-state index contributed by atoms with van der Waals surface area (Å²) in [5.41, 5.74) is 4.95. The van der Waals surface area contributed by atoms with Gasteiger partial charge >= 0.3 is 0 Å². The molecular formula is C53H70N4O2. The molecule has 2 aliphatic carbocycles. The van der Waals surface area contributed by atoms with Crippen molar-refractivity contribution in [3.8, 4) is 35.2 Å². The molecule has 4 aromatic rings. The molecule has 0 saturated heterocycles. The molecule has 2 saturated carbocycles. The second-order valence-corrected chi connectivity index (χ2v) is 16.7. The topological polar surface area (TPSA) is 70.0 Å². The van der Waals surface area contributed by atoms with Gasteiger partial charge in [-0.05, 0) is 135 Å². The number of hydrogen-bond acceptors (Lipinski definition) is 6. The van der Waals surface area contributed by atoms with E-state index in [1.807, 2.05) is 0 Å². The van der Waals surface area contributed by atoms with Gasteiger partial charge < -0.3 is 9.47 Å². The molecule has 0 atom stereocenters. The highest BCUT2D eigenvalue weighted by Crippen LogP contribution is 2.38. The van der Waals surface area contributed by atoms with Crippen molar-refractivity contribution in [3.05, 3.63) is 107 Å². The van der Waals surface area contributed by atoms with Crippen LogP contribution in [0.15, 0.2) is 73.3 Å². The molecule has 0 N–H and O–H groups in total. The van der Waals surface area contributed by atoms with Crippen LogP contribution < -0.4 is 9.47 Å². The second kappa shape index (κ2) is 26.4. The smallest absolute Gasteiger partial charge is 0.205 e. The Morgan fingerprint density at radius 2 is 0.814 bits per heavy atom. The summed E-state index contributed by atoms with van der Waals surface area (Å²) < 4.78 is 11.3. The Morgan fingerprint density at radius 1 is 0.441 bits per heavy atom. The lowest BCUT2D eigenvalue weighted by Gasteiger charge is -2.28. The first-order valence-electron chi connectivity index (χ1n) is 23.2. The molecule has 314 valence electrons. The first-order valence-corrected chi connectivity index (χ1v) is 23.2. The minimum atomic E-state index is 0.532. The van der Waals surface area contributed by atoms with Gasteiger partial charge in [0, 0.05) is 11.1 Å². The zero-order valence-corrected chi connectivity index (χ0v) is 36.7. The third kappa shape index (κ3) is 16.5. The van der Waals surface area contributed by atoms with Crippen LogP contribution in [0.5, 0.6) is 11.5 Å². The van der Waals surface area contributed by atoms with E-state index in [1.54, 1.807) is 24.8 Å². The Kier molecular flexibility index (Phi) is 20.3. The van der Waals surface area contributed by atoms with Gasteiger partial charge in [-0.1, -0.05) is 122 Å². The van der Waals surface area contributed by atoms with Gasteiger partial charge in [-0.2, -0.15) is 0 Å². The third-order valence-electron chi connectivity index (χ3n) is 12.0. The normalized spacial score (nSPS) is 18.6. The number of nitrogens with zero attached hydrogens (tertiary/aromatic N) is 4. The maximum Gasteiger partial charge on any atom is 0.205 e. The molecule has 6 heteroatoms. The monoisotopic (exact) mass is 795 g/mol. The van der Waals surface area contributed by atoms with Crippen molar-refractivity contribution >= 4 is 0 Å². The summed E-state index contributed by atoms with van der Waals surface area (Å²) in [6.45, 7) is 10.4. The molecule has 6 rings (SSSR count). The fraction of sp³-hybridized carbons (Fsp3) is 0.547. The third-order valence-corrected chi connectivity index (χ3v) is 12.0. The summed E-state index contributed by atoms with van der Waals surface area (Å²) in [6.07, 6.45) is 31.4. The van der Waals surface area contributed by atoms with E-state index in [4.69, 9.17) is 9.47 Å². The highest BCUT2D eigenvalue weighted by atomic mass is 16.5. The first-order chi connectivity index (χ1) is 29.1. The number of unbranched alkanes of at least 4 members (excludes halogenated alkanes) is 5. The van der Waals surface area contributed by atoms with Crippen LogP contribution in [0.25, 0.3) is 0 Å². The van der Waals surface area contributed by atoms with Crippen molar-refractivity contribution in [1.82, 2.24) is 19.9 Å². The van der Waals surface area contributed by atoms with E-state index >= 15 is 0 Å². The van der Waals surface area contributed by atoms with Crippen LogP contribution in [0.1, 0.15) is 195 Å². The number of aromatic nitrogens is 4. The number of rotatable bonds is 17. The molecule has 0 amide bonds. The number of ether oxygens (including phenoxy) is 2. The van der Waals surface area contributed by atoms with Crippen molar-refractivity contribution < 1.29 is 9.47 Å². The van der Waals surface area contributed by atoms with Crippen LogP contribution in [0.3, 0.4) is 0 Å². The molecule has 2 aromatic heterocycles. The molecule has 0 bridgehead atoms. The van der Waals surface area contributed by atoms with Gasteiger partial charge in [0.25, 0.3) is 0 Å².